The van der Waals surface area contributed by atoms with Crippen molar-refractivity contribution < 1.29 is 0 Å². The second kappa shape index (κ2) is 6.34. The molecule has 0 spiro atoms. The van der Waals surface area contributed by atoms with E-state index in [4.69, 9.17) is 29.0 Å². The highest BCUT2D eigenvalue weighted by Crippen LogP contribution is 2.34. The SMILES string of the molecule is NNC(Cc1csc2ccccc12)c1cccc(Cl)c1Cl. The van der Waals surface area contributed by atoms with Crippen molar-refractivity contribution in [2.45, 2.75) is 12.5 Å². The van der Waals surface area contributed by atoms with Crippen molar-refractivity contribution in [2.24, 2.45) is 5.84 Å². The van der Waals surface area contributed by atoms with Crippen LogP contribution in [0.5, 0.6) is 0 Å². The molecule has 1 heterocycles. The lowest BCUT2D eigenvalue weighted by atomic mass is 9.99. The minimum Gasteiger partial charge on any atom is -0.271 e. The van der Waals surface area contributed by atoms with Gasteiger partial charge in [-0.15, -0.1) is 11.3 Å². The van der Waals surface area contributed by atoms with E-state index in [1.54, 1.807) is 17.4 Å². The van der Waals surface area contributed by atoms with Gasteiger partial charge >= 0.3 is 0 Å². The molecule has 1 atom stereocenters. The lowest BCUT2D eigenvalue weighted by Gasteiger charge is -2.18. The summed E-state index contributed by atoms with van der Waals surface area (Å²) in [6.45, 7) is 0. The topological polar surface area (TPSA) is 38.0 Å². The molecule has 0 saturated carbocycles. The Labute approximate surface area is 137 Å². The van der Waals surface area contributed by atoms with Gasteiger partial charge in [0.15, 0.2) is 0 Å². The molecule has 2 aromatic carbocycles. The molecule has 1 aromatic heterocycles. The number of nitrogens with one attached hydrogen (secondary N) is 1. The molecule has 0 saturated heterocycles. The average molecular weight is 337 g/mol. The van der Waals surface area contributed by atoms with E-state index in [-0.39, 0.29) is 6.04 Å². The minimum atomic E-state index is -0.0748. The van der Waals surface area contributed by atoms with Gasteiger partial charge in [0.2, 0.25) is 0 Å². The van der Waals surface area contributed by atoms with E-state index in [0.717, 1.165) is 12.0 Å². The van der Waals surface area contributed by atoms with Crippen LogP contribution in [0.2, 0.25) is 10.0 Å². The summed E-state index contributed by atoms with van der Waals surface area (Å²) in [6.07, 6.45) is 0.764. The zero-order valence-corrected chi connectivity index (χ0v) is 13.5. The van der Waals surface area contributed by atoms with E-state index < -0.39 is 0 Å². The van der Waals surface area contributed by atoms with Gasteiger partial charge in [-0.1, -0.05) is 53.5 Å². The third-order valence-electron chi connectivity index (χ3n) is 3.54. The molecule has 3 aromatic rings. The molecule has 108 valence electrons. The molecular weight excluding hydrogens is 323 g/mol. The zero-order valence-electron chi connectivity index (χ0n) is 11.1. The highest BCUT2D eigenvalue weighted by molar-refractivity contribution is 7.17. The molecule has 0 aliphatic rings. The van der Waals surface area contributed by atoms with E-state index in [1.165, 1.54) is 15.6 Å². The van der Waals surface area contributed by atoms with Crippen LogP contribution in [-0.4, -0.2) is 0 Å². The molecule has 1 unspecified atom stereocenters. The molecule has 3 N–H and O–H groups in total. The number of thiophene rings is 1. The van der Waals surface area contributed by atoms with Crippen LogP contribution in [0.3, 0.4) is 0 Å². The maximum Gasteiger partial charge on any atom is 0.0640 e. The normalized spacial score (nSPS) is 12.7. The number of rotatable bonds is 4. The molecule has 0 amide bonds. The molecule has 3 rings (SSSR count). The maximum absolute atomic E-state index is 6.30. The Balaban J connectivity index is 1.96. The largest absolute Gasteiger partial charge is 0.271 e. The molecule has 0 radical (unpaired) electrons. The van der Waals surface area contributed by atoms with Crippen molar-refractivity contribution in [2.75, 3.05) is 0 Å². The van der Waals surface area contributed by atoms with Crippen molar-refractivity contribution in [1.29, 1.82) is 0 Å². The molecule has 0 bridgehead atoms. The number of nitrogens with two attached hydrogens (primary N) is 1. The summed E-state index contributed by atoms with van der Waals surface area (Å²) in [5.74, 6) is 5.74. The van der Waals surface area contributed by atoms with Crippen molar-refractivity contribution in [3.05, 3.63) is 69.0 Å². The third-order valence-corrected chi connectivity index (χ3v) is 5.39. The molecule has 5 heteroatoms. The Kier molecular flexibility index (Phi) is 4.48. The van der Waals surface area contributed by atoms with Crippen LogP contribution in [0.15, 0.2) is 47.8 Å². The first-order valence-corrected chi connectivity index (χ1v) is 8.19. The number of hydrogen-bond acceptors (Lipinski definition) is 3. The van der Waals surface area contributed by atoms with Crippen LogP contribution in [0.25, 0.3) is 10.1 Å². The second-order valence-corrected chi connectivity index (χ2v) is 6.52. The first-order chi connectivity index (χ1) is 10.2. The fourth-order valence-electron chi connectivity index (χ4n) is 2.46. The molecule has 2 nitrogen and oxygen atoms in total. The summed E-state index contributed by atoms with van der Waals surface area (Å²) < 4.78 is 1.28. The second-order valence-electron chi connectivity index (χ2n) is 4.82. The quantitative estimate of drug-likeness (QED) is 0.522. The molecule has 21 heavy (non-hydrogen) atoms. The smallest absolute Gasteiger partial charge is 0.0640 e. The van der Waals surface area contributed by atoms with Gasteiger partial charge in [-0.3, -0.25) is 11.3 Å². The summed E-state index contributed by atoms with van der Waals surface area (Å²) >= 11 is 14.1. The van der Waals surface area contributed by atoms with Crippen molar-refractivity contribution in [3.63, 3.8) is 0 Å². The maximum atomic E-state index is 6.30. The van der Waals surface area contributed by atoms with Crippen LogP contribution in [0.1, 0.15) is 17.2 Å². The summed E-state index contributed by atoms with van der Waals surface area (Å²) in [7, 11) is 0. The number of hydrazine groups is 1. The van der Waals surface area contributed by atoms with Crippen LogP contribution < -0.4 is 11.3 Å². The van der Waals surface area contributed by atoms with Gasteiger partial charge < -0.3 is 0 Å². The monoisotopic (exact) mass is 336 g/mol. The van der Waals surface area contributed by atoms with E-state index in [9.17, 15) is 0 Å². The summed E-state index contributed by atoms with van der Waals surface area (Å²) in [5.41, 5.74) is 5.03. The lowest BCUT2D eigenvalue weighted by Crippen LogP contribution is -2.29. The first kappa shape index (κ1) is 14.8. The number of halogens is 2. The van der Waals surface area contributed by atoms with Crippen molar-refractivity contribution in [1.82, 2.24) is 5.43 Å². The van der Waals surface area contributed by atoms with Gasteiger partial charge in [-0.25, -0.2) is 0 Å². The predicted molar refractivity (Wildman–Crippen MR) is 92.1 cm³/mol. The van der Waals surface area contributed by atoms with Crippen LogP contribution in [0.4, 0.5) is 0 Å². The summed E-state index contributed by atoms with van der Waals surface area (Å²) in [4.78, 5) is 0. The molecular formula is C16H14Cl2N2S. The third kappa shape index (κ3) is 2.93. The van der Waals surface area contributed by atoms with Gasteiger partial charge in [0, 0.05) is 4.70 Å². The van der Waals surface area contributed by atoms with Crippen molar-refractivity contribution in [3.8, 4) is 0 Å². The van der Waals surface area contributed by atoms with Gasteiger partial charge in [0.05, 0.1) is 16.1 Å². The average Bonchev–Trinajstić information content (AvgIpc) is 2.91. The summed E-state index contributed by atoms with van der Waals surface area (Å²) in [6, 6.07) is 13.9. The van der Waals surface area contributed by atoms with Crippen LogP contribution in [-0.2, 0) is 6.42 Å². The minimum absolute atomic E-state index is 0.0748. The Bertz CT molecular complexity index is 770. The highest BCUT2D eigenvalue weighted by Gasteiger charge is 2.17. The Morgan fingerprint density at radius 3 is 2.71 bits per heavy atom. The van der Waals surface area contributed by atoms with Gasteiger partial charge in [-0.2, -0.15) is 0 Å². The fourth-order valence-corrected chi connectivity index (χ4v) is 3.87. The fraction of sp³-hybridized carbons (Fsp3) is 0.125. The number of benzene rings is 2. The Morgan fingerprint density at radius 2 is 1.90 bits per heavy atom. The highest BCUT2D eigenvalue weighted by atomic mass is 35.5. The Hall–Kier alpha value is -1.10. The van der Waals surface area contributed by atoms with Gasteiger partial charge in [0.1, 0.15) is 0 Å². The lowest BCUT2D eigenvalue weighted by molar-refractivity contribution is 0.554. The number of fused-ring (bicyclic) bond motifs is 1. The zero-order chi connectivity index (χ0) is 14.8. The molecule has 0 fully saturated rings. The first-order valence-electron chi connectivity index (χ1n) is 6.56. The van der Waals surface area contributed by atoms with E-state index in [1.807, 2.05) is 12.1 Å². The van der Waals surface area contributed by atoms with E-state index in [2.05, 4.69) is 35.1 Å². The predicted octanol–water partition coefficient (Wildman–Crippen LogP) is 4.96. The van der Waals surface area contributed by atoms with E-state index in [0.29, 0.717) is 10.0 Å². The molecule has 0 aliphatic carbocycles. The standard InChI is InChI=1S/C16H14Cl2N2S/c17-13-6-3-5-12(16(13)18)14(20-19)8-10-9-21-15-7-2-1-4-11(10)15/h1-7,9,14,20H,8,19H2. The Morgan fingerprint density at radius 1 is 1.10 bits per heavy atom. The molecule has 0 aliphatic heterocycles. The van der Waals surface area contributed by atoms with Gasteiger partial charge in [0.25, 0.3) is 0 Å². The number of hydrogen-bond donors (Lipinski definition) is 2. The summed E-state index contributed by atoms with van der Waals surface area (Å²) in [5, 5.41) is 4.54. The van der Waals surface area contributed by atoms with Crippen LogP contribution in [0, 0.1) is 0 Å². The van der Waals surface area contributed by atoms with Crippen molar-refractivity contribution >= 4 is 44.6 Å². The van der Waals surface area contributed by atoms with Gasteiger partial charge in [-0.05, 0) is 40.4 Å². The van der Waals surface area contributed by atoms with E-state index >= 15 is 0 Å². The van der Waals surface area contributed by atoms with Crippen LogP contribution >= 0.6 is 34.5 Å².